The fourth-order valence-electron chi connectivity index (χ4n) is 3.82. The lowest BCUT2D eigenvalue weighted by molar-refractivity contribution is 0.794. The molecule has 0 aliphatic heterocycles. The molecule has 136 valence electrons. The molecule has 0 radical (unpaired) electrons. The average Bonchev–Trinajstić information content (AvgIpc) is 2.53. The monoisotopic (exact) mass is 354 g/mol. The normalized spacial score (nSPS) is 12.0. The lowest BCUT2D eigenvalue weighted by atomic mass is 9.90. The van der Waals surface area contributed by atoms with Gasteiger partial charge in [-0.15, -0.1) is 0 Å². The van der Waals surface area contributed by atoms with Gasteiger partial charge in [-0.25, -0.2) is 0 Å². The van der Waals surface area contributed by atoms with Crippen molar-refractivity contribution in [3.8, 4) is 0 Å². The first-order valence-electron chi connectivity index (χ1n) is 9.76. The van der Waals surface area contributed by atoms with Crippen LogP contribution in [-0.4, -0.2) is 0 Å². The van der Waals surface area contributed by atoms with Crippen molar-refractivity contribution in [1.82, 2.24) is 0 Å². The van der Waals surface area contributed by atoms with Gasteiger partial charge in [0.15, 0.2) is 0 Å². The zero-order chi connectivity index (χ0) is 18.7. The van der Waals surface area contributed by atoms with E-state index >= 15 is 0 Å². The molecule has 0 spiro atoms. The Labute approximate surface area is 157 Å². The minimum Gasteiger partial charge on any atom is -0.0613 e. The summed E-state index contributed by atoms with van der Waals surface area (Å²) in [4.78, 5) is 0. The maximum absolute atomic E-state index is 2.35. The molecule has 0 aromatic heterocycles. The fraction of sp³-hybridized carbons (Fsp3) is 0.500. The third kappa shape index (κ3) is 4.53. The van der Waals surface area contributed by atoms with E-state index in [1.54, 1.807) is 11.1 Å². The zero-order valence-electron chi connectivity index (χ0n) is 17.3. The summed E-state index contributed by atoms with van der Waals surface area (Å²) in [6.07, 6.45) is 0. The van der Waals surface area contributed by atoms with Crippen molar-refractivity contribution < 1.29 is 0 Å². The van der Waals surface area contributed by atoms with Crippen LogP contribution in [0.1, 0.15) is 101 Å². The number of hydrogen-bond acceptors (Lipinski definition) is 0. The summed E-state index contributed by atoms with van der Waals surface area (Å²) in [6.45, 7) is 18.6. The van der Waals surface area contributed by atoms with Crippen LogP contribution in [0.4, 0.5) is 0 Å². The Morgan fingerprint density at radius 3 is 1.16 bits per heavy atom. The Kier molecular flexibility index (Phi) is 6.86. The van der Waals surface area contributed by atoms with Gasteiger partial charge in [-0.05, 0) is 56.5 Å². The molecule has 1 heteroatoms. The summed E-state index contributed by atoms with van der Waals surface area (Å²) >= 11 is 0. The molecule has 2 aromatic rings. The number of hydrogen-bond donors (Lipinski definition) is 0. The topological polar surface area (TPSA) is 0 Å². The van der Waals surface area contributed by atoms with E-state index in [1.165, 1.54) is 21.7 Å². The third-order valence-corrected chi connectivity index (χ3v) is 6.36. The molecule has 0 unspecified atom stereocenters. The molecular weight excluding hydrogens is 319 g/mol. The Morgan fingerprint density at radius 1 is 0.520 bits per heavy atom. The van der Waals surface area contributed by atoms with Crippen LogP contribution < -0.4 is 10.6 Å². The number of rotatable bonds is 6. The van der Waals surface area contributed by atoms with Crippen LogP contribution in [0.15, 0.2) is 36.4 Å². The van der Waals surface area contributed by atoms with E-state index in [4.69, 9.17) is 0 Å². The van der Waals surface area contributed by atoms with E-state index in [1.807, 2.05) is 0 Å². The van der Waals surface area contributed by atoms with Gasteiger partial charge in [0, 0.05) is 0 Å². The second kappa shape index (κ2) is 8.50. The van der Waals surface area contributed by atoms with Gasteiger partial charge in [0.1, 0.15) is 0 Å². The first-order chi connectivity index (χ1) is 11.7. The van der Waals surface area contributed by atoms with E-state index in [2.05, 4.69) is 91.8 Å². The van der Waals surface area contributed by atoms with Gasteiger partial charge in [-0.3, -0.25) is 0 Å². The zero-order valence-corrected chi connectivity index (χ0v) is 18.3. The Hall–Kier alpha value is -1.13. The first kappa shape index (κ1) is 20.2. The molecule has 0 nitrogen and oxygen atoms in total. The van der Waals surface area contributed by atoms with Crippen molar-refractivity contribution in [2.45, 2.75) is 79.1 Å². The van der Waals surface area contributed by atoms with Crippen molar-refractivity contribution in [3.05, 3.63) is 58.7 Å². The largest absolute Gasteiger partial charge is 0.0613 e. The van der Waals surface area contributed by atoms with Crippen LogP contribution in [0.25, 0.3) is 0 Å². The highest BCUT2D eigenvalue weighted by atomic mass is 31.1. The third-order valence-electron chi connectivity index (χ3n) is 4.95. The summed E-state index contributed by atoms with van der Waals surface area (Å²) in [5, 5.41) is 3.06. The van der Waals surface area contributed by atoms with E-state index < -0.39 is 0 Å². The minimum absolute atomic E-state index is 0.567. The standard InChI is InChI=1S/C24H35P/c1-15(2)19-11-9-13-21(23(19)17(5)6)25-22-14-10-12-20(16(3)4)24(22)18(7)8/h9-18,25H,1-8H3. The highest BCUT2D eigenvalue weighted by Crippen LogP contribution is 2.32. The molecular formula is C24H35P. The molecule has 0 N–H and O–H groups in total. The Balaban J connectivity index is 2.58. The minimum atomic E-state index is 0.567. The van der Waals surface area contributed by atoms with Crippen LogP contribution in [0.5, 0.6) is 0 Å². The average molecular weight is 355 g/mol. The van der Waals surface area contributed by atoms with Gasteiger partial charge in [0.05, 0.1) is 0 Å². The summed E-state index contributed by atoms with van der Waals surface area (Å²) in [5.41, 5.74) is 6.18. The van der Waals surface area contributed by atoms with Gasteiger partial charge >= 0.3 is 0 Å². The molecule has 0 saturated carbocycles. The molecule has 0 saturated heterocycles. The molecule has 0 fully saturated rings. The SMILES string of the molecule is CC(C)c1cccc(Pc2cccc(C(C)C)c2C(C)C)c1C(C)C. The molecule has 0 heterocycles. The van der Waals surface area contributed by atoms with Crippen LogP contribution >= 0.6 is 8.58 Å². The maximum atomic E-state index is 2.35. The highest BCUT2D eigenvalue weighted by Gasteiger charge is 2.18. The van der Waals surface area contributed by atoms with Gasteiger partial charge in [-0.1, -0.05) is 100 Å². The van der Waals surface area contributed by atoms with E-state index in [0.717, 1.165) is 8.58 Å². The predicted molar refractivity (Wildman–Crippen MR) is 117 cm³/mol. The van der Waals surface area contributed by atoms with Crippen LogP contribution in [-0.2, 0) is 0 Å². The van der Waals surface area contributed by atoms with Crippen molar-refractivity contribution in [1.29, 1.82) is 0 Å². The van der Waals surface area contributed by atoms with Gasteiger partial charge < -0.3 is 0 Å². The quantitative estimate of drug-likeness (QED) is 0.500. The Bertz CT molecular complexity index is 647. The van der Waals surface area contributed by atoms with Gasteiger partial charge in [0.2, 0.25) is 0 Å². The molecule has 0 amide bonds. The summed E-state index contributed by atoms with van der Waals surface area (Å²) in [5.74, 6) is 2.29. The smallest absolute Gasteiger partial charge is 0.0189 e. The molecule has 0 atom stereocenters. The Morgan fingerprint density at radius 2 is 0.880 bits per heavy atom. The van der Waals surface area contributed by atoms with Crippen molar-refractivity contribution in [3.63, 3.8) is 0 Å². The number of benzene rings is 2. The summed E-state index contributed by atoms with van der Waals surface area (Å²) in [7, 11) is 0.738. The second-order valence-corrected chi connectivity index (χ2v) is 9.69. The van der Waals surface area contributed by atoms with E-state index in [9.17, 15) is 0 Å². The second-order valence-electron chi connectivity index (χ2n) is 8.36. The first-order valence-corrected chi connectivity index (χ1v) is 10.8. The molecule has 0 aliphatic rings. The predicted octanol–water partition coefficient (Wildman–Crippen LogP) is 6.81. The van der Waals surface area contributed by atoms with Crippen molar-refractivity contribution in [2.24, 2.45) is 0 Å². The molecule has 0 bridgehead atoms. The maximum Gasteiger partial charge on any atom is -0.0189 e. The van der Waals surface area contributed by atoms with Gasteiger partial charge in [0.25, 0.3) is 0 Å². The van der Waals surface area contributed by atoms with Crippen LogP contribution in [0.2, 0.25) is 0 Å². The van der Waals surface area contributed by atoms with E-state index in [-0.39, 0.29) is 0 Å². The highest BCUT2D eigenvalue weighted by molar-refractivity contribution is 7.55. The van der Waals surface area contributed by atoms with E-state index in [0.29, 0.717) is 23.7 Å². The van der Waals surface area contributed by atoms with Crippen molar-refractivity contribution in [2.75, 3.05) is 0 Å². The van der Waals surface area contributed by atoms with Crippen molar-refractivity contribution >= 4 is 19.2 Å². The van der Waals surface area contributed by atoms with Crippen LogP contribution in [0.3, 0.4) is 0 Å². The molecule has 2 rings (SSSR count). The molecule has 25 heavy (non-hydrogen) atoms. The molecule has 2 aromatic carbocycles. The lowest BCUT2D eigenvalue weighted by Gasteiger charge is -2.23. The lowest BCUT2D eigenvalue weighted by Crippen LogP contribution is -2.18. The molecule has 0 aliphatic carbocycles. The summed E-state index contributed by atoms with van der Waals surface area (Å²) in [6, 6.07) is 13.9. The fourth-order valence-corrected chi connectivity index (χ4v) is 5.61. The van der Waals surface area contributed by atoms with Crippen LogP contribution in [0, 0.1) is 0 Å². The van der Waals surface area contributed by atoms with Gasteiger partial charge in [-0.2, -0.15) is 0 Å². The summed E-state index contributed by atoms with van der Waals surface area (Å²) < 4.78 is 0.